The molecule has 0 spiro atoms. The monoisotopic (exact) mass is 254 g/mol. The van der Waals surface area contributed by atoms with E-state index in [1.54, 1.807) is 7.85 Å². The zero-order valence-electron chi connectivity index (χ0n) is 9.39. The van der Waals surface area contributed by atoms with E-state index < -0.39 is 11.7 Å². The first-order valence-electron chi connectivity index (χ1n) is 4.24. The first-order valence-corrected chi connectivity index (χ1v) is 4.24. The van der Waals surface area contributed by atoms with Crippen molar-refractivity contribution in [3.63, 3.8) is 0 Å². The van der Waals surface area contributed by atoms with Crippen molar-refractivity contribution in [3.05, 3.63) is 23.8 Å². The van der Waals surface area contributed by atoms with Crippen molar-refractivity contribution < 1.29 is 33.6 Å². The second-order valence-corrected chi connectivity index (χ2v) is 3.03. The van der Waals surface area contributed by atoms with Crippen molar-refractivity contribution in [2.24, 2.45) is 0 Å². The van der Waals surface area contributed by atoms with E-state index >= 15 is 0 Å². The van der Waals surface area contributed by atoms with Gasteiger partial charge in [-0.15, -0.1) is 0 Å². The lowest BCUT2D eigenvalue weighted by Crippen LogP contribution is -2.14. The molecular weight excluding hydrogens is 240 g/mol. The number of rotatable bonds is 3. The van der Waals surface area contributed by atoms with Crippen molar-refractivity contribution in [2.45, 2.75) is 6.18 Å². The molecule has 0 saturated carbocycles. The van der Waals surface area contributed by atoms with Gasteiger partial charge in [-0.05, 0) is 11.5 Å². The number of alkyl halides is 3. The Kier molecular flexibility index (Phi) is 7.63. The Balaban J connectivity index is 0. The number of ether oxygens (including phenoxy) is 2. The van der Waals surface area contributed by atoms with Gasteiger partial charge < -0.3 is 20.4 Å². The Bertz CT molecular complexity index is 344. The summed E-state index contributed by atoms with van der Waals surface area (Å²) in [5.41, 5.74) is -0.0840. The maximum absolute atomic E-state index is 12.3. The molecule has 4 N–H and O–H groups in total. The number of hydrogen-bond acceptors (Lipinski definition) is 2. The Morgan fingerprint density at radius 2 is 1.82 bits per heavy atom. The van der Waals surface area contributed by atoms with E-state index in [0.717, 1.165) is 12.1 Å². The summed E-state index contributed by atoms with van der Waals surface area (Å²) in [7, 11) is 3.08. The fourth-order valence-corrected chi connectivity index (χ4v) is 1.05. The topological polar surface area (TPSA) is 81.5 Å². The van der Waals surface area contributed by atoms with Gasteiger partial charge >= 0.3 is 6.18 Å². The molecule has 0 fully saturated rings. The lowest BCUT2D eigenvalue weighted by atomic mass is 9.94. The highest BCUT2D eigenvalue weighted by molar-refractivity contribution is 6.34. The van der Waals surface area contributed by atoms with Crippen LogP contribution in [0.1, 0.15) is 5.56 Å². The van der Waals surface area contributed by atoms with Gasteiger partial charge in [-0.3, -0.25) is 0 Å². The minimum Gasteiger partial charge on any atom is -0.468 e. The number of hydrogen-bond donors (Lipinski definition) is 0. The fraction of sp³-hybridized carbons (Fsp3) is 0.333. The third-order valence-corrected chi connectivity index (χ3v) is 1.85. The van der Waals surface area contributed by atoms with Crippen LogP contribution in [0.2, 0.25) is 0 Å². The highest BCUT2D eigenvalue weighted by Gasteiger charge is 2.30. The largest absolute Gasteiger partial charge is 0.468 e. The van der Waals surface area contributed by atoms with Crippen LogP contribution < -0.4 is 10.2 Å². The maximum atomic E-state index is 12.3. The smallest absolute Gasteiger partial charge is 0.416 e. The van der Waals surface area contributed by atoms with E-state index in [9.17, 15) is 13.2 Å². The predicted molar refractivity (Wildman–Crippen MR) is 59.4 cm³/mol. The van der Waals surface area contributed by atoms with Crippen LogP contribution >= 0.6 is 0 Å². The summed E-state index contributed by atoms with van der Waals surface area (Å²) < 4.78 is 46.6. The van der Waals surface area contributed by atoms with Crippen molar-refractivity contribution in [2.75, 3.05) is 13.9 Å². The molecule has 0 atom stereocenters. The molecule has 1 aromatic carbocycles. The lowest BCUT2D eigenvalue weighted by Gasteiger charge is -2.12. The molecule has 1 rings (SSSR count). The third-order valence-electron chi connectivity index (χ3n) is 1.85. The number of methoxy groups -OCH3 is 1. The van der Waals surface area contributed by atoms with Gasteiger partial charge in [-0.25, -0.2) is 0 Å². The van der Waals surface area contributed by atoms with E-state index in [-0.39, 0.29) is 23.5 Å². The van der Waals surface area contributed by atoms with Gasteiger partial charge in [0.25, 0.3) is 0 Å². The number of benzene rings is 1. The van der Waals surface area contributed by atoms with Crippen LogP contribution in [0.5, 0.6) is 5.75 Å². The van der Waals surface area contributed by atoms with E-state index in [1.807, 2.05) is 0 Å². The van der Waals surface area contributed by atoms with Gasteiger partial charge in [0.1, 0.15) is 13.6 Å². The van der Waals surface area contributed by atoms with Crippen LogP contribution in [0.4, 0.5) is 13.2 Å². The molecule has 98 valence electrons. The second-order valence-electron chi connectivity index (χ2n) is 3.03. The van der Waals surface area contributed by atoms with Crippen LogP contribution in [0.25, 0.3) is 0 Å². The Hall–Kier alpha value is -1.25. The maximum Gasteiger partial charge on any atom is 0.416 e. The van der Waals surface area contributed by atoms with Crippen LogP contribution in [0.3, 0.4) is 0 Å². The van der Waals surface area contributed by atoms with Gasteiger partial charge in [0.15, 0.2) is 6.79 Å². The molecular formula is C9H14BF3O4. The third kappa shape index (κ3) is 5.07. The van der Waals surface area contributed by atoms with Gasteiger partial charge in [0, 0.05) is 7.11 Å². The summed E-state index contributed by atoms with van der Waals surface area (Å²) in [5.74, 6) is 0.187. The molecule has 0 aromatic heterocycles. The van der Waals surface area contributed by atoms with E-state index in [0.29, 0.717) is 5.46 Å². The second kappa shape index (κ2) is 7.15. The first kappa shape index (κ1) is 18.1. The molecule has 8 heteroatoms. The predicted octanol–water partition coefficient (Wildman–Crippen LogP) is -0.703. The van der Waals surface area contributed by atoms with E-state index in [2.05, 4.69) is 4.74 Å². The molecule has 0 aliphatic heterocycles. The van der Waals surface area contributed by atoms with Crippen molar-refractivity contribution in [1.82, 2.24) is 0 Å². The zero-order chi connectivity index (χ0) is 11.5. The van der Waals surface area contributed by atoms with Crippen LogP contribution in [0, 0.1) is 0 Å². The van der Waals surface area contributed by atoms with Crippen molar-refractivity contribution in [1.29, 1.82) is 0 Å². The summed E-state index contributed by atoms with van der Waals surface area (Å²) in [5, 5.41) is 0. The lowest BCUT2D eigenvalue weighted by molar-refractivity contribution is -0.137. The minimum absolute atomic E-state index is 0. The molecule has 17 heavy (non-hydrogen) atoms. The minimum atomic E-state index is -4.35. The summed E-state index contributed by atoms with van der Waals surface area (Å²) in [6.45, 7) is -0.0673. The molecule has 0 unspecified atom stereocenters. The average Bonchev–Trinajstić information content (AvgIpc) is 2.15. The van der Waals surface area contributed by atoms with Crippen LogP contribution in [0.15, 0.2) is 18.2 Å². The van der Waals surface area contributed by atoms with Gasteiger partial charge in [-0.2, -0.15) is 13.2 Å². The summed E-state index contributed by atoms with van der Waals surface area (Å²) in [4.78, 5) is 0. The highest BCUT2D eigenvalue weighted by atomic mass is 19.4. The molecule has 0 bridgehead atoms. The van der Waals surface area contributed by atoms with Crippen LogP contribution in [-0.4, -0.2) is 32.7 Å². The Morgan fingerprint density at radius 1 is 1.24 bits per heavy atom. The summed E-state index contributed by atoms with van der Waals surface area (Å²) in [6.07, 6.45) is -4.35. The van der Waals surface area contributed by atoms with Crippen LogP contribution in [-0.2, 0) is 10.9 Å². The molecule has 0 aliphatic rings. The highest BCUT2D eigenvalue weighted by Crippen LogP contribution is 2.30. The molecule has 0 amide bonds. The summed E-state index contributed by atoms with van der Waals surface area (Å²) >= 11 is 0. The molecule has 0 aliphatic carbocycles. The molecule has 0 radical (unpaired) electrons. The Labute approximate surface area is 97.4 Å². The SMILES string of the molecule is Bc1ccc(C(F)(F)F)cc1OCOC.O.O. The number of halogens is 3. The van der Waals surface area contributed by atoms with E-state index in [4.69, 9.17) is 4.74 Å². The normalized spacial score (nSPS) is 10.1. The van der Waals surface area contributed by atoms with Crippen molar-refractivity contribution in [3.8, 4) is 5.75 Å². The van der Waals surface area contributed by atoms with Crippen molar-refractivity contribution >= 4 is 13.3 Å². The molecule has 0 heterocycles. The van der Waals surface area contributed by atoms with Gasteiger partial charge in [0.2, 0.25) is 0 Å². The molecule has 0 saturated heterocycles. The van der Waals surface area contributed by atoms with Gasteiger partial charge in [-0.1, -0.05) is 12.1 Å². The average molecular weight is 254 g/mol. The quantitative estimate of drug-likeness (QED) is 0.527. The Morgan fingerprint density at radius 3 is 2.29 bits per heavy atom. The first-order chi connectivity index (χ1) is 6.95. The fourth-order valence-electron chi connectivity index (χ4n) is 1.05. The summed E-state index contributed by atoms with van der Waals surface area (Å²) in [6, 6.07) is 3.36. The standard InChI is InChI=1S/C9H10BF3O2.2H2O/c1-14-5-15-8-4-6(9(11,12)13)2-3-7(8)10;;/h2-4H,5,10H2,1H3;2*1H2. The zero-order valence-corrected chi connectivity index (χ0v) is 9.39. The molecule has 4 nitrogen and oxygen atoms in total. The molecule has 1 aromatic rings. The van der Waals surface area contributed by atoms with Gasteiger partial charge in [0.05, 0.1) is 5.56 Å². The van der Waals surface area contributed by atoms with E-state index in [1.165, 1.54) is 13.2 Å².